The lowest BCUT2D eigenvalue weighted by atomic mass is 10.1. The SMILES string of the molecule is CCOc1ccc(NC(=O)[C@H](C)Sc2n[nH]c(-c3ccc(CC)cc3)n2)cc1. The number of H-pyrrole nitrogens is 1. The van der Waals surface area contributed by atoms with Crippen LogP contribution < -0.4 is 10.1 Å². The number of hydrogen-bond acceptors (Lipinski definition) is 5. The summed E-state index contributed by atoms with van der Waals surface area (Å²) in [5.41, 5.74) is 2.98. The summed E-state index contributed by atoms with van der Waals surface area (Å²) in [6, 6.07) is 15.5. The van der Waals surface area contributed by atoms with Crippen molar-refractivity contribution in [3.8, 4) is 17.1 Å². The van der Waals surface area contributed by atoms with Crippen LogP contribution in [0.5, 0.6) is 5.75 Å². The fourth-order valence-electron chi connectivity index (χ4n) is 2.58. The number of thioether (sulfide) groups is 1. The highest BCUT2D eigenvalue weighted by molar-refractivity contribution is 8.00. The molecule has 1 amide bonds. The van der Waals surface area contributed by atoms with Gasteiger partial charge in [0.15, 0.2) is 5.82 Å². The van der Waals surface area contributed by atoms with E-state index < -0.39 is 0 Å². The maximum absolute atomic E-state index is 12.4. The second-order valence-corrected chi connectivity index (χ2v) is 7.53. The lowest BCUT2D eigenvalue weighted by Crippen LogP contribution is -2.22. The van der Waals surface area contributed by atoms with E-state index in [0.29, 0.717) is 17.6 Å². The van der Waals surface area contributed by atoms with E-state index in [-0.39, 0.29) is 11.2 Å². The molecule has 1 heterocycles. The van der Waals surface area contributed by atoms with Gasteiger partial charge in [-0.2, -0.15) is 0 Å². The maximum Gasteiger partial charge on any atom is 0.237 e. The number of carbonyl (C=O) groups is 1. The Morgan fingerprint density at radius 2 is 1.86 bits per heavy atom. The fraction of sp³-hybridized carbons (Fsp3) is 0.286. The fourth-order valence-corrected chi connectivity index (χ4v) is 3.31. The minimum Gasteiger partial charge on any atom is -0.494 e. The summed E-state index contributed by atoms with van der Waals surface area (Å²) in [6.07, 6.45) is 0.999. The first kappa shape index (κ1) is 19.9. The van der Waals surface area contributed by atoms with Crippen LogP contribution in [-0.2, 0) is 11.2 Å². The molecule has 28 heavy (non-hydrogen) atoms. The monoisotopic (exact) mass is 396 g/mol. The molecule has 0 spiro atoms. The Hall–Kier alpha value is -2.80. The summed E-state index contributed by atoms with van der Waals surface area (Å²) < 4.78 is 5.41. The van der Waals surface area contributed by atoms with Crippen molar-refractivity contribution in [3.63, 3.8) is 0 Å². The van der Waals surface area contributed by atoms with Crippen molar-refractivity contribution < 1.29 is 9.53 Å². The first-order valence-electron chi connectivity index (χ1n) is 9.31. The third kappa shape index (κ3) is 5.13. The molecule has 0 aliphatic heterocycles. The molecule has 0 aliphatic carbocycles. The minimum atomic E-state index is -0.335. The summed E-state index contributed by atoms with van der Waals surface area (Å²) in [6.45, 7) is 6.50. The molecule has 1 aromatic heterocycles. The summed E-state index contributed by atoms with van der Waals surface area (Å²) in [7, 11) is 0. The first-order valence-corrected chi connectivity index (χ1v) is 10.2. The quantitative estimate of drug-likeness (QED) is 0.546. The standard InChI is InChI=1S/C21H24N4O2S/c1-4-15-6-8-16(9-7-15)19-23-21(25-24-19)28-14(3)20(26)22-17-10-12-18(13-11-17)27-5-2/h6-14H,4-5H2,1-3H3,(H,22,26)(H,23,24,25)/t14-/m0/s1. The number of amides is 1. The van der Waals surface area contributed by atoms with Crippen molar-refractivity contribution in [2.45, 2.75) is 37.6 Å². The molecule has 2 N–H and O–H groups in total. The number of carbonyl (C=O) groups excluding carboxylic acids is 1. The number of aryl methyl sites for hydroxylation is 1. The summed E-state index contributed by atoms with van der Waals surface area (Å²) in [5, 5.41) is 10.3. The van der Waals surface area contributed by atoms with Crippen molar-refractivity contribution in [3.05, 3.63) is 54.1 Å². The molecule has 0 bridgehead atoms. The molecule has 3 aromatic rings. The van der Waals surface area contributed by atoms with Crippen LogP contribution in [0.2, 0.25) is 0 Å². The van der Waals surface area contributed by atoms with Gasteiger partial charge in [-0.3, -0.25) is 9.89 Å². The van der Waals surface area contributed by atoms with E-state index in [2.05, 4.69) is 39.6 Å². The van der Waals surface area contributed by atoms with Crippen LogP contribution in [-0.4, -0.2) is 32.9 Å². The van der Waals surface area contributed by atoms with Crippen molar-refractivity contribution in [1.29, 1.82) is 0 Å². The van der Waals surface area contributed by atoms with E-state index >= 15 is 0 Å². The van der Waals surface area contributed by atoms with Crippen LogP contribution in [0, 0.1) is 0 Å². The summed E-state index contributed by atoms with van der Waals surface area (Å²) >= 11 is 1.32. The van der Waals surface area contributed by atoms with Gasteiger partial charge in [-0.1, -0.05) is 43.0 Å². The second kappa shape index (κ2) is 9.41. The molecule has 3 rings (SSSR count). The van der Waals surface area contributed by atoms with Gasteiger partial charge in [0.25, 0.3) is 0 Å². The molecular weight excluding hydrogens is 372 g/mol. The molecule has 0 saturated carbocycles. The molecule has 7 heteroatoms. The number of benzene rings is 2. The Bertz CT molecular complexity index is 907. The van der Waals surface area contributed by atoms with Crippen LogP contribution in [0.3, 0.4) is 0 Å². The number of rotatable bonds is 8. The second-order valence-electron chi connectivity index (χ2n) is 6.22. The van der Waals surface area contributed by atoms with Crippen molar-refractivity contribution in [2.75, 3.05) is 11.9 Å². The lowest BCUT2D eigenvalue weighted by molar-refractivity contribution is -0.115. The number of anilines is 1. The van der Waals surface area contributed by atoms with Gasteiger partial charge in [-0.05, 0) is 50.1 Å². The number of nitrogens with zero attached hydrogens (tertiary/aromatic N) is 2. The van der Waals surface area contributed by atoms with Gasteiger partial charge in [-0.15, -0.1) is 5.10 Å². The molecule has 6 nitrogen and oxygen atoms in total. The molecule has 0 radical (unpaired) electrons. The predicted molar refractivity (Wildman–Crippen MR) is 113 cm³/mol. The summed E-state index contributed by atoms with van der Waals surface area (Å²) in [5.74, 6) is 1.38. The van der Waals surface area contributed by atoms with E-state index in [0.717, 1.165) is 23.4 Å². The molecule has 0 aliphatic rings. The highest BCUT2D eigenvalue weighted by atomic mass is 32.2. The van der Waals surface area contributed by atoms with Gasteiger partial charge in [0.2, 0.25) is 11.1 Å². The van der Waals surface area contributed by atoms with E-state index in [9.17, 15) is 4.79 Å². The van der Waals surface area contributed by atoms with Gasteiger partial charge in [-0.25, -0.2) is 4.98 Å². The average molecular weight is 397 g/mol. The van der Waals surface area contributed by atoms with Crippen LogP contribution in [0.25, 0.3) is 11.4 Å². The van der Waals surface area contributed by atoms with E-state index in [1.165, 1.54) is 17.3 Å². The Morgan fingerprint density at radius 1 is 1.14 bits per heavy atom. The van der Waals surface area contributed by atoms with Gasteiger partial charge in [0.1, 0.15) is 5.75 Å². The maximum atomic E-state index is 12.4. The van der Waals surface area contributed by atoms with E-state index in [1.54, 1.807) is 0 Å². The average Bonchev–Trinajstić information content (AvgIpc) is 3.18. The zero-order valence-corrected chi connectivity index (χ0v) is 17.0. The molecule has 146 valence electrons. The van der Waals surface area contributed by atoms with Gasteiger partial charge >= 0.3 is 0 Å². The van der Waals surface area contributed by atoms with Crippen molar-refractivity contribution in [2.24, 2.45) is 0 Å². The molecule has 2 aromatic carbocycles. The normalized spacial score (nSPS) is 11.8. The smallest absolute Gasteiger partial charge is 0.237 e. The zero-order chi connectivity index (χ0) is 19.9. The Balaban J connectivity index is 1.58. The number of ether oxygens (including phenoxy) is 1. The minimum absolute atomic E-state index is 0.104. The predicted octanol–water partition coefficient (Wildman–Crippen LogP) is 4.55. The van der Waals surface area contributed by atoms with Gasteiger partial charge in [0.05, 0.1) is 11.9 Å². The number of nitrogens with one attached hydrogen (secondary N) is 2. The third-order valence-corrected chi connectivity index (χ3v) is 5.15. The topological polar surface area (TPSA) is 79.9 Å². The molecular formula is C21H24N4O2S. The largest absolute Gasteiger partial charge is 0.494 e. The van der Waals surface area contributed by atoms with Crippen molar-refractivity contribution >= 4 is 23.4 Å². The van der Waals surface area contributed by atoms with E-state index in [4.69, 9.17) is 4.74 Å². The Kier molecular flexibility index (Phi) is 6.71. The van der Waals surface area contributed by atoms with Crippen LogP contribution in [0.4, 0.5) is 5.69 Å². The zero-order valence-electron chi connectivity index (χ0n) is 16.2. The number of aromatic amines is 1. The molecule has 0 fully saturated rings. The van der Waals surface area contributed by atoms with Gasteiger partial charge < -0.3 is 10.1 Å². The Morgan fingerprint density at radius 3 is 2.50 bits per heavy atom. The third-order valence-electron chi connectivity index (χ3n) is 4.18. The molecule has 1 atom stereocenters. The summed E-state index contributed by atoms with van der Waals surface area (Å²) in [4.78, 5) is 16.9. The highest BCUT2D eigenvalue weighted by Gasteiger charge is 2.17. The van der Waals surface area contributed by atoms with E-state index in [1.807, 2.05) is 50.2 Å². The first-order chi connectivity index (χ1) is 13.6. The number of hydrogen-bond donors (Lipinski definition) is 2. The van der Waals surface area contributed by atoms with Crippen LogP contribution in [0.1, 0.15) is 26.3 Å². The number of aromatic nitrogens is 3. The van der Waals surface area contributed by atoms with Crippen LogP contribution >= 0.6 is 11.8 Å². The highest BCUT2D eigenvalue weighted by Crippen LogP contribution is 2.24. The van der Waals surface area contributed by atoms with Crippen molar-refractivity contribution in [1.82, 2.24) is 15.2 Å². The Labute approximate surface area is 169 Å². The molecule has 0 unspecified atom stereocenters. The molecule has 0 saturated heterocycles. The van der Waals surface area contributed by atoms with Gasteiger partial charge in [0, 0.05) is 11.3 Å². The van der Waals surface area contributed by atoms with Crippen LogP contribution in [0.15, 0.2) is 53.7 Å². The lowest BCUT2D eigenvalue weighted by Gasteiger charge is -2.10.